The normalized spacial score (nSPS) is 11.5. The summed E-state index contributed by atoms with van der Waals surface area (Å²) in [5.41, 5.74) is 3.76. The van der Waals surface area contributed by atoms with E-state index in [1.54, 1.807) is 20.0 Å². The Hall–Kier alpha value is -5.55. The van der Waals surface area contributed by atoms with Gasteiger partial charge in [-0.2, -0.15) is 0 Å². The van der Waals surface area contributed by atoms with Crippen LogP contribution in [-0.2, 0) is 46.7 Å². The third-order valence-electron chi connectivity index (χ3n) is 10.2. The van der Waals surface area contributed by atoms with Gasteiger partial charge in [0.2, 0.25) is 0 Å². The van der Waals surface area contributed by atoms with E-state index in [0.717, 1.165) is 36.1 Å². The first-order valence-corrected chi connectivity index (χ1v) is 22.3. The molecule has 64 heavy (non-hydrogen) atoms. The number of amides is 2. The Labute approximate surface area is 387 Å². The summed E-state index contributed by atoms with van der Waals surface area (Å²) in [5, 5.41) is 11.9. The highest BCUT2D eigenvalue weighted by Crippen LogP contribution is 2.29. The summed E-state index contributed by atoms with van der Waals surface area (Å²) >= 11 is 14.3. The molecule has 1 atom stereocenters. The van der Waals surface area contributed by atoms with Crippen molar-refractivity contribution in [3.05, 3.63) is 133 Å². The van der Waals surface area contributed by atoms with Gasteiger partial charge in [-0.3, -0.25) is 0 Å². The minimum atomic E-state index is -0.704. The zero-order valence-electron chi connectivity index (χ0n) is 36.7. The lowest BCUT2D eigenvalue weighted by Gasteiger charge is -2.33. The molecule has 1 N–H and O–H groups in total. The standard InChI is InChI=1S/C46H54Cl2FN7O7S/c1-31-36(42(48)53-52-41(31)47)27-35(56(46(59)63-30-34-16-10-7-11-17-34)24-23-55(4)45(58)62-29-33-14-8-6-9-15-33)28-50-44-51-40(43(57)60-5)39(64-44)19-13-25-61-38-21-20-32(26-37(38)49)18-12-22-54(2)3/h6-11,14-17,20-21,26,35H,12-13,18-19,22-25,27-30H2,1-5H3,(H,50,51)/t35-/m1/s1. The lowest BCUT2D eigenvalue weighted by Crippen LogP contribution is -2.49. The molecular formula is C46H54Cl2FN7O7S. The van der Waals surface area contributed by atoms with Crippen molar-refractivity contribution in [1.29, 1.82) is 0 Å². The molecule has 0 spiro atoms. The average molecular weight is 939 g/mol. The predicted octanol–water partition coefficient (Wildman–Crippen LogP) is 8.91. The Morgan fingerprint density at radius 1 is 0.812 bits per heavy atom. The molecule has 0 aliphatic carbocycles. The summed E-state index contributed by atoms with van der Waals surface area (Å²) in [4.78, 5) is 50.4. The van der Waals surface area contributed by atoms with E-state index in [2.05, 4.69) is 25.4 Å². The van der Waals surface area contributed by atoms with E-state index < -0.39 is 30.0 Å². The maximum Gasteiger partial charge on any atom is 0.410 e. The number of methoxy groups -OCH3 is 1. The Bertz CT molecular complexity index is 2290. The molecule has 14 nitrogen and oxygen atoms in total. The molecule has 0 saturated carbocycles. The van der Waals surface area contributed by atoms with Crippen LogP contribution in [0.1, 0.15) is 56.0 Å². The van der Waals surface area contributed by atoms with Gasteiger partial charge in [0, 0.05) is 31.6 Å². The number of esters is 1. The number of ether oxygens (including phenoxy) is 4. The fraction of sp³-hybridized carbons (Fsp3) is 0.391. The lowest BCUT2D eigenvalue weighted by molar-refractivity contribution is 0.0593. The third-order valence-corrected chi connectivity index (χ3v) is 11.9. The van der Waals surface area contributed by atoms with Gasteiger partial charge < -0.3 is 39.0 Å². The van der Waals surface area contributed by atoms with Crippen molar-refractivity contribution in [3.63, 3.8) is 0 Å². The molecule has 0 aliphatic rings. The predicted molar refractivity (Wildman–Crippen MR) is 246 cm³/mol. The van der Waals surface area contributed by atoms with Gasteiger partial charge in [0.25, 0.3) is 0 Å². The highest BCUT2D eigenvalue weighted by atomic mass is 35.5. The first kappa shape index (κ1) is 49.5. The fourth-order valence-corrected chi connectivity index (χ4v) is 7.97. The van der Waals surface area contributed by atoms with Gasteiger partial charge in [-0.1, -0.05) is 89.9 Å². The average Bonchev–Trinajstić information content (AvgIpc) is 3.71. The monoisotopic (exact) mass is 937 g/mol. The van der Waals surface area contributed by atoms with Crippen LogP contribution in [0.25, 0.3) is 0 Å². The molecule has 0 aliphatic heterocycles. The molecule has 2 amide bonds. The number of hydrogen-bond acceptors (Lipinski definition) is 13. The maximum absolute atomic E-state index is 14.9. The van der Waals surface area contributed by atoms with Crippen LogP contribution in [0.2, 0.25) is 10.3 Å². The summed E-state index contributed by atoms with van der Waals surface area (Å²) in [6.45, 7) is 3.11. The zero-order valence-corrected chi connectivity index (χ0v) is 39.0. The third kappa shape index (κ3) is 15.0. The van der Waals surface area contributed by atoms with Crippen molar-refractivity contribution in [2.45, 2.75) is 58.3 Å². The number of carbonyl (C=O) groups is 3. The van der Waals surface area contributed by atoms with Crippen molar-refractivity contribution in [3.8, 4) is 5.75 Å². The van der Waals surface area contributed by atoms with Crippen molar-refractivity contribution in [1.82, 2.24) is 29.9 Å². The van der Waals surface area contributed by atoms with Crippen molar-refractivity contribution < 1.29 is 37.7 Å². The number of halogens is 3. The minimum Gasteiger partial charge on any atom is -0.491 e. The Balaban J connectivity index is 1.34. The Kier molecular flexibility index (Phi) is 19.4. The highest BCUT2D eigenvalue weighted by Gasteiger charge is 2.30. The number of nitrogens with zero attached hydrogens (tertiary/aromatic N) is 6. The van der Waals surface area contributed by atoms with E-state index in [1.165, 1.54) is 34.3 Å². The van der Waals surface area contributed by atoms with E-state index in [1.807, 2.05) is 80.8 Å². The molecule has 5 rings (SSSR count). The summed E-state index contributed by atoms with van der Waals surface area (Å²) in [6, 6.07) is 22.9. The first-order valence-electron chi connectivity index (χ1n) is 20.8. The quantitative estimate of drug-likeness (QED) is 0.0379. The van der Waals surface area contributed by atoms with Gasteiger partial charge >= 0.3 is 18.2 Å². The largest absolute Gasteiger partial charge is 0.491 e. The van der Waals surface area contributed by atoms with Gasteiger partial charge in [0.1, 0.15) is 13.2 Å². The number of hydrogen-bond donors (Lipinski definition) is 1. The lowest BCUT2D eigenvalue weighted by atomic mass is 10.0. The van der Waals surface area contributed by atoms with Crippen LogP contribution in [0.5, 0.6) is 5.75 Å². The molecule has 342 valence electrons. The van der Waals surface area contributed by atoms with E-state index in [0.29, 0.717) is 34.0 Å². The number of nitrogens with one attached hydrogen (secondary N) is 1. The molecule has 0 fully saturated rings. The summed E-state index contributed by atoms with van der Waals surface area (Å²) in [5.74, 6) is -0.892. The Morgan fingerprint density at radius 2 is 1.47 bits per heavy atom. The second-order valence-electron chi connectivity index (χ2n) is 15.2. The van der Waals surface area contributed by atoms with Crippen LogP contribution in [0, 0.1) is 12.7 Å². The minimum absolute atomic E-state index is 0.00918. The number of likely N-dealkylation sites (N-methyl/N-ethyl adjacent to an activating group) is 1. The highest BCUT2D eigenvalue weighted by molar-refractivity contribution is 7.15. The molecule has 0 saturated heterocycles. The van der Waals surface area contributed by atoms with E-state index in [4.69, 9.17) is 42.1 Å². The maximum atomic E-state index is 14.9. The molecule has 3 aromatic carbocycles. The van der Waals surface area contributed by atoms with Gasteiger partial charge in [0.15, 0.2) is 32.7 Å². The van der Waals surface area contributed by atoms with Crippen LogP contribution < -0.4 is 10.1 Å². The van der Waals surface area contributed by atoms with E-state index >= 15 is 0 Å². The van der Waals surface area contributed by atoms with Crippen molar-refractivity contribution in [2.24, 2.45) is 0 Å². The second-order valence-corrected chi connectivity index (χ2v) is 17.0. The number of rotatable bonds is 23. The van der Waals surface area contributed by atoms with Crippen LogP contribution in [0.4, 0.5) is 19.1 Å². The first-order chi connectivity index (χ1) is 30.8. The SMILES string of the molecule is COC(=O)c1nc(NC[C@@H](Cc2c(Cl)nnc(Cl)c2C)N(CCN(C)C(=O)OCc2ccccc2)C(=O)OCc2ccccc2)sc1CCCOc1ccc(CCCN(C)C)cc1F. The van der Waals surface area contributed by atoms with Gasteiger partial charge in [-0.05, 0) is 99.6 Å². The molecule has 18 heteroatoms. The zero-order chi connectivity index (χ0) is 46.0. The van der Waals surface area contributed by atoms with Crippen LogP contribution in [0.3, 0.4) is 0 Å². The molecule has 2 heterocycles. The number of anilines is 1. The fourth-order valence-electron chi connectivity index (χ4n) is 6.56. The molecule has 2 aromatic heterocycles. The number of benzene rings is 3. The topological polar surface area (TPSA) is 149 Å². The van der Waals surface area contributed by atoms with Gasteiger partial charge in [-0.25, -0.2) is 23.8 Å². The molecule has 0 radical (unpaired) electrons. The van der Waals surface area contributed by atoms with Crippen molar-refractivity contribution >= 4 is 57.8 Å². The second kappa shape index (κ2) is 25.1. The molecule has 0 bridgehead atoms. The molecule has 5 aromatic rings. The van der Waals surface area contributed by atoms with Crippen LogP contribution in [0.15, 0.2) is 78.9 Å². The van der Waals surface area contributed by atoms with Gasteiger partial charge in [0.05, 0.1) is 19.8 Å². The van der Waals surface area contributed by atoms with Crippen LogP contribution in [-0.4, -0.2) is 115 Å². The Morgan fingerprint density at radius 3 is 2.11 bits per heavy atom. The summed E-state index contributed by atoms with van der Waals surface area (Å²) in [7, 11) is 6.87. The van der Waals surface area contributed by atoms with Gasteiger partial charge in [-0.15, -0.1) is 21.5 Å². The smallest absolute Gasteiger partial charge is 0.410 e. The number of thiazole rings is 1. The summed E-state index contributed by atoms with van der Waals surface area (Å²) < 4.78 is 37.2. The molecule has 0 unspecified atom stereocenters. The van der Waals surface area contributed by atoms with Crippen LogP contribution >= 0.6 is 34.5 Å². The summed E-state index contributed by atoms with van der Waals surface area (Å²) in [6.07, 6.45) is 1.42. The number of aromatic nitrogens is 3. The number of aryl methyl sites for hydroxylation is 2. The van der Waals surface area contributed by atoms with E-state index in [9.17, 15) is 18.8 Å². The molecular weight excluding hydrogens is 885 g/mol. The number of carbonyl (C=O) groups excluding carboxylic acids is 3. The van der Waals surface area contributed by atoms with E-state index in [-0.39, 0.29) is 67.6 Å². The van der Waals surface area contributed by atoms with Crippen molar-refractivity contribution in [2.75, 3.05) is 66.4 Å².